The lowest BCUT2D eigenvalue weighted by Crippen LogP contribution is -2.22. The van der Waals surface area contributed by atoms with E-state index in [2.05, 4.69) is 10.2 Å². The fourth-order valence-corrected chi connectivity index (χ4v) is 3.76. The molecule has 0 saturated heterocycles. The number of rotatable bonds is 6. The zero-order valence-electron chi connectivity index (χ0n) is 14.8. The van der Waals surface area contributed by atoms with Crippen molar-refractivity contribution in [2.24, 2.45) is 0 Å². The van der Waals surface area contributed by atoms with E-state index in [-0.39, 0.29) is 16.3 Å². The SMILES string of the molecule is C[C@@H](OC(=O)c1cccc(S(=O)(=O)N(C)C)c1)c1nnc(-c2cccs2)o1. The van der Waals surface area contributed by atoms with Gasteiger partial charge >= 0.3 is 5.97 Å². The van der Waals surface area contributed by atoms with E-state index in [4.69, 9.17) is 9.15 Å². The standard InChI is InChI=1S/C17H17N3O5S2/c1-11(15-18-19-16(25-15)14-8-5-9-26-14)24-17(21)12-6-4-7-13(10-12)27(22,23)20(2)3/h4-11H,1-3H3/t11-/m1/s1. The van der Waals surface area contributed by atoms with Crippen molar-refractivity contribution in [2.75, 3.05) is 14.1 Å². The van der Waals surface area contributed by atoms with E-state index in [9.17, 15) is 13.2 Å². The number of sulfonamides is 1. The van der Waals surface area contributed by atoms with Gasteiger partial charge < -0.3 is 9.15 Å². The Morgan fingerprint density at radius 3 is 2.67 bits per heavy atom. The zero-order valence-corrected chi connectivity index (χ0v) is 16.5. The van der Waals surface area contributed by atoms with Crippen LogP contribution in [0.2, 0.25) is 0 Å². The molecule has 8 nitrogen and oxygen atoms in total. The lowest BCUT2D eigenvalue weighted by Gasteiger charge is -2.13. The zero-order chi connectivity index (χ0) is 19.6. The van der Waals surface area contributed by atoms with Gasteiger partial charge in [-0.15, -0.1) is 21.5 Å². The van der Waals surface area contributed by atoms with E-state index < -0.39 is 22.1 Å². The first kappa shape index (κ1) is 19.2. The van der Waals surface area contributed by atoms with E-state index in [0.717, 1.165) is 9.18 Å². The second-order valence-corrected chi connectivity index (χ2v) is 8.89. The number of thiophene rings is 1. The Bertz CT molecular complexity index is 1040. The molecule has 0 amide bonds. The smallest absolute Gasteiger partial charge is 0.338 e. The lowest BCUT2D eigenvalue weighted by molar-refractivity contribution is 0.0279. The van der Waals surface area contributed by atoms with Crippen LogP contribution in [-0.4, -0.2) is 43.0 Å². The maximum absolute atomic E-state index is 12.4. The minimum atomic E-state index is -3.65. The van der Waals surface area contributed by atoms with E-state index in [1.165, 1.54) is 49.7 Å². The summed E-state index contributed by atoms with van der Waals surface area (Å²) < 4.78 is 36.4. The maximum Gasteiger partial charge on any atom is 0.338 e. The summed E-state index contributed by atoms with van der Waals surface area (Å²) in [6, 6.07) is 9.36. The molecule has 0 saturated carbocycles. The predicted octanol–water partition coefficient (Wildman–Crippen LogP) is 2.97. The van der Waals surface area contributed by atoms with Crippen molar-refractivity contribution >= 4 is 27.3 Å². The average Bonchev–Trinajstić information content (AvgIpc) is 3.33. The van der Waals surface area contributed by atoms with Crippen molar-refractivity contribution in [3.8, 4) is 10.8 Å². The minimum Gasteiger partial charge on any atom is -0.449 e. The largest absolute Gasteiger partial charge is 0.449 e. The fraction of sp³-hybridized carbons (Fsp3) is 0.235. The lowest BCUT2D eigenvalue weighted by atomic mass is 10.2. The highest BCUT2D eigenvalue weighted by Crippen LogP contribution is 2.26. The van der Waals surface area contributed by atoms with Crippen LogP contribution < -0.4 is 0 Å². The molecule has 2 heterocycles. The van der Waals surface area contributed by atoms with Gasteiger partial charge in [-0.3, -0.25) is 0 Å². The van der Waals surface area contributed by atoms with Crippen molar-refractivity contribution in [2.45, 2.75) is 17.9 Å². The minimum absolute atomic E-state index is 0.00683. The predicted molar refractivity (Wildman–Crippen MR) is 98.8 cm³/mol. The Morgan fingerprint density at radius 2 is 2.00 bits per heavy atom. The van der Waals surface area contributed by atoms with E-state index in [1.807, 2.05) is 17.5 Å². The van der Waals surface area contributed by atoms with E-state index >= 15 is 0 Å². The van der Waals surface area contributed by atoms with Gasteiger partial charge in [0, 0.05) is 14.1 Å². The number of ether oxygens (including phenoxy) is 1. The van der Waals surface area contributed by atoms with Crippen LogP contribution in [0.5, 0.6) is 0 Å². The first-order chi connectivity index (χ1) is 12.8. The molecule has 0 radical (unpaired) electrons. The summed E-state index contributed by atoms with van der Waals surface area (Å²) in [6.45, 7) is 1.60. The van der Waals surface area contributed by atoms with Gasteiger partial charge in [0.2, 0.25) is 10.0 Å². The molecule has 0 bridgehead atoms. The third-order valence-electron chi connectivity index (χ3n) is 3.65. The van der Waals surface area contributed by atoms with Gasteiger partial charge in [-0.05, 0) is 36.6 Å². The average molecular weight is 407 g/mol. The normalized spacial score (nSPS) is 12.9. The van der Waals surface area contributed by atoms with Crippen molar-refractivity contribution in [3.05, 3.63) is 53.2 Å². The number of carbonyl (C=O) groups is 1. The first-order valence-electron chi connectivity index (χ1n) is 7.90. The highest BCUT2D eigenvalue weighted by Gasteiger charge is 2.22. The summed E-state index contributed by atoms with van der Waals surface area (Å²) >= 11 is 1.45. The van der Waals surface area contributed by atoms with Crippen LogP contribution >= 0.6 is 11.3 Å². The van der Waals surface area contributed by atoms with Crippen LogP contribution in [0.1, 0.15) is 29.3 Å². The number of hydrogen-bond acceptors (Lipinski definition) is 8. The number of aromatic nitrogens is 2. The van der Waals surface area contributed by atoms with Gasteiger partial charge in [0.15, 0.2) is 6.10 Å². The molecule has 0 aliphatic heterocycles. The summed E-state index contributed by atoms with van der Waals surface area (Å²) in [4.78, 5) is 13.2. The number of esters is 1. The van der Waals surface area contributed by atoms with Gasteiger partial charge in [-0.1, -0.05) is 12.1 Å². The van der Waals surface area contributed by atoms with Crippen LogP contribution in [0.4, 0.5) is 0 Å². The molecule has 0 aliphatic rings. The fourth-order valence-electron chi connectivity index (χ4n) is 2.17. The molecule has 0 spiro atoms. The van der Waals surface area contributed by atoms with Crippen molar-refractivity contribution < 1.29 is 22.4 Å². The molecular weight excluding hydrogens is 390 g/mol. The number of nitrogens with zero attached hydrogens (tertiary/aromatic N) is 3. The molecule has 1 atom stereocenters. The quantitative estimate of drug-likeness (QED) is 0.579. The Morgan fingerprint density at radius 1 is 1.22 bits per heavy atom. The highest BCUT2D eigenvalue weighted by molar-refractivity contribution is 7.89. The van der Waals surface area contributed by atoms with Crippen molar-refractivity contribution in [1.29, 1.82) is 0 Å². The molecule has 2 aromatic heterocycles. The Labute approximate surface area is 160 Å². The van der Waals surface area contributed by atoms with Gasteiger partial charge in [-0.25, -0.2) is 17.5 Å². The first-order valence-corrected chi connectivity index (χ1v) is 10.2. The van der Waals surface area contributed by atoms with Crippen LogP contribution in [0.3, 0.4) is 0 Å². The van der Waals surface area contributed by atoms with Gasteiger partial charge in [0.1, 0.15) is 0 Å². The summed E-state index contributed by atoms with van der Waals surface area (Å²) in [6.07, 6.45) is -0.784. The molecule has 3 aromatic rings. The molecular formula is C17H17N3O5S2. The van der Waals surface area contributed by atoms with Crippen LogP contribution in [-0.2, 0) is 14.8 Å². The monoisotopic (exact) mass is 407 g/mol. The van der Waals surface area contributed by atoms with Gasteiger partial charge in [-0.2, -0.15) is 0 Å². The van der Waals surface area contributed by atoms with E-state index in [0.29, 0.717) is 5.89 Å². The summed E-state index contributed by atoms with van der Waals surface area (Å²) in [5.74, 6) is -0.181. The molecule has 0 unspecified atom stereocenters. The van der Waals surface area contributed by atoms with Gasteiger partial charge in [0.25, 0.3) is 11.8 Å². The van der Waals surface area contributed by atoms with Crippen LogP contribution in [0, 0.1) is 0 Å². The Balaban J connectivity index is 1.76. The maximum atomic E-state index is 12.4. The second kappa shape index (κ2) is 7.59. The van der Waals surface area contributed by atoms with Crippen LogP contribution in [0.25, 0.3) is 10.8 Å². The van der Waals surface area contributed by atoms with Crippen LogP contribution in [0.15, 0.2) is 51.1 Å². The molecule has 3 rings (SSSR count). The number of carbonyl (C=O) groups excluding carboxylic acids is 1. The summed E-state index contributed by atoms with van der Waals surface area (Å²) in [5.41, 5.74) is 0.114. The highest BCUT2D eigenvalue weighted by atomic mass is 32.2. The number of benzene rings is 1. The molecule has 1 aromatic carbocycles. The second-order valence-electron chi connectivity index (χ2n) is 5.79. The molecule has 0 fully saturated rings. The van der Waals surface area contributed by atoms with Gasteiger partial charge in [0.05, 0.1) is 15.3 Å². The molecule has 27 heavy (non-hydrogen) atoms. The third-order valence-corrected chi connectivity index (χ3v) is 6.32. The summed E-state index contributed by atoms with van der Waals surface area (Å²) in [7, 11) is -0.810. The van der Waals surface area contributed by atoms with Crippen molar-refractivity contribution in [3.63, 3.8) is 0 Å². The van der Waals surface area contributed by atoms with E-state index in [1.54, 1.807) is 6.92 Å². The summed E-state index contributed by atoms with van der Waals surface area (Å²) in [5, 5.41) is 9.74. The third kappa shape index (κ3) is 4.07. The molecule has 0 aliphatic carbocycles. The molecule has 142 valence electrons. The number of hydrogen-bond donors (Lipinski definition) is 0. The Hall–Kier alpha value is -2.56. The molecule has 0 N–H and O–H groups in total. The van der Waals surface area contributed by atoms with Crippen molar-refractivity contribution in [1.82, 2.24) is 14.5 Å². The topological polar surface area (TPSA) is 103 Å². The Kier molecular flexibility index (Phi) is 5.40. The molecule has 10 heteroatoms.